The van der Waals surface area contributed by atoms with Crippen molar-refractivity contribution in [3.63, 3.8) is 0 Å². The molecule has 0 bridgehead atoms. The molecule has 0 spiro atoms. The van der Waals surface area contributed by atoms with Gasteiger partial charge in [-0.2, -0.15) is 0 Å². The van der Waals surface area contributed by atoms with Crippen LogP contribution in [0.1, 0.15) is 96.3 Å². The van der Waals surface area contributed by atoms with Crippen LogP contribution in [0.3, 0.4) is 0 Å². The van der Waals surface area contributed by atoms with Crippen LogP contribution < -0.4 is 4.72 Å². The average molecular weight is 554 g/mol. The zero-order chi connectivity index (χ0) is 26.4. The van der Waals surface area contributed by atoms with Crippen molar-refractivity contribution in [2.24, 2.45) is 17.8 Å². The molecule has 3 aliphatic carbocycles. The fraction of sp³-hybridized carbons (Fsp3) is 0.933. The largest absolute Gasteiger partial charge is 0.378 e. The molecule has 1 N–H and O–H groups in total. The standard InChI is InChI=1S/C30H51NO6S/c1-2-22-14-9-15-26(16-22)38(32,33)31-18-25-17-27-30(36-25)29(35-20-24-12-7-4-8-13-24)28(37-27)21-34-19-23-10-5-3-6-11-23/h2,22-31H,1,3-21H2/t22?,25-,26?,27+,28-,29-,30-/m1/s1. The first kappa shape index (κ1) is 29.0. The van der Waals surface area contributed by atoms with E-state index in [1.165, 1.54) is 64.2 Å². The molecule has 7 nitrogen and oxygen atoms in total. The molecule has 218 valence electrons. The first-order valence-corrected chi connectivity index (χ1v) is 17.2. The lowest BCUT2D eigenvalue weighted by Crippen LogP contribution is -2.42. The second kappa shape index (κ2) is 13.9. The van der Waals surface area contributed by atoms with Crippen molar-refractivity contribution in [1.82, 2.24) is 4.72 Å². The minimum atomic E-state index is -3.38. The molecule has 2 heterocycles. The van der Waals surface area contributed by atoms with E-state index in [-0.39, 0.29) is 35.8 Å². The molecule has 2 unspecified atom stereocenters. The number of hydrogen-bond acceptors (Lipinski definition) is 6. The predicted molar refractivity (Wildman–Crippen MR) is 149 cm³/mol. The summed E-state index contributed by atoms with van der Waals surface area (Å²) in [5, 5.41) is -0.339. The van der Waals surface area contributed by atoms with Gasteiger partial charge in [-0.1, -0.05) is 51.0 Å². The van der Waals surface area contributed by atoms with Crippen molar-refractivity contribution < 1.29 is 27.4 Å². The zero-order valence-corrected chi connectivity index (χ0v) is 24.1. The molecule has 38 heavy (non-hydrogen) atoms. The van der Waals surface area contributed by atoms with E-state index < -0.39 is 10.0 Å². The first-order chi connectivity index (χ1) is 18.5. The third kappa shape index (κ3) is 7.61. The van der Waals surface area contributed by atoms with Gasteiger partial charge in [0.05, 0.1) is 30.7 Å². The minimum Gasteiger partial charge on any atom is -0.378 e. The molecule has 2 aliphatic heterocycles. The summed E-state index contributed by atoms with van der Waals surface area (Å²) in [6, 6.07) is 0. The molecule has 0 aromatic carbocycles. The lowest BCUT2D eigenvalue weighted by Gasteiger charge is -2.29. The second-order valence-corrected chi connectivity index (χ2v) is 14.7. The van der Waals surface area contributed by atoms with Crippen LogP contribution in [0.4, 0.5) is 0 Å². The Balaban J connectivity index is 1.13. The molecule has 0 aromatic heterocycles. The van der Waals surface area contributed by atoms with Gasteiger partial charge in [-0.3, -0.25) is 0 Å². The van der Waals surface area contributed by atoms with Gasteiger partial charge in [0.15, 0.2) is 0 Å². The van der Waals surface area contributed by atoms with E-state index in [2.05, 4.69) is 11.3 Å². The highest BCUT2D eigenvalue weighted by molar-refractivity contribution is 7.90. The summed E-state index contributed by atoms with van der Waals surface area (Å²) < 4.78 is 54.6. The highest BCUT2D eigenvalue weighted by atomic mass is 32.2. The number of fused-ring (bicyclic) bond motifs is 1. The van der Waals surface area contributed by atoms with Crippen LogP contribution in [0.15, 0.2) is 12.7 Å². The summed E-state index contributed by atoms with van der Waals surface area (Å²) in [5.74, 6) is 1.58. The summed E-state index contributed by atoms with van der Waals surface area (Å²) in [6.07, 6.45) is 18.2. The minimum absolute atomic E-state index is 0.0658. The van der Waals surface area contributed by atoms with Gasteiger partial charge in [0.2, 0.25) is 10.0 Å². The molecule has 8 heteroatoms. The fourth-order valence-electron chi connectivity index (χ4n) is 7.47. The summed E-state index contributed by atoms with van der Waals surface area (Å²) in [6.45, 7) is 6.28. The zero-order valence-electron chi connectivity index (χ0n) is 23.3. The summed E-state index contributed by atoms with van der Waals surface area (Å²) in [7, 11) is -3.38. The summed E-state index contributed by atoms with van der Waals surface area (Å²) in [5.41, 5.74) is 0. The van der Waals surface area contributed by atoms with Gasteiger partial charge in [0.1, 0.15) is 18.3 Å². The first-order valence-electron chi connectivity index (χ1n) is 15.6. The van der Waals surface area contributed by atoms with Crippen LogP contribution in [0.5, 0.6) is 0 Å². The lowest BCUT2D eigenvalue weighted by molar-refractivity contribution is -0.104. The number of allylic oxidation sites excluding steroid dienone is 1. The highest BCUT2D eigenvalue weighted by Crippen LogP contribution is 2.37. The van der Waals surface area contributed by atoms with Gasteiger partial charge in [0, 0.05) is 19.6 Å². The van der Waals surface area contributed by atoms with Crippen molar-refractivity contribution in [3.8, 4) is 0 Å². The van der Waals surface area contributed by atoms with Crippen LogP contribution in [0.2, 0.25) is 0 Å². The Hall–Kier alpha value is -0.510. The van der Waals surface area contributed by atoms with Gasteiger partial charge in [0.25, 0.3) is 0 Å². The Labute approximate surface area is 230 Å². The van der Waals surface area contributed by atoms with Crippen LogP contribution in [-0.4, -0.2) is 70.6 Å². The molecular formula is C30H51NO6S. The molecule has 0 radical (unpaired) electrons. The average Bonchev–Trinajstić information content (AvgIpc) is 3.49. The van der Waals surface area contributed by atoms with Crippen LogP contribution in [-0.2, 0) is 29.0 Å². The van der Waals surface area contributed by atoms with Crippen LogP contribution >= 0.6 is 0 Å². The third-order valence-corrected chi connectivity index (χ3v) is 11.7. The summed E-state index contributed by atoms with van der Waals surface area (Å²) >= 11 is 0. The topological polar surface area (TPSA) is 83.1 Å². The molecule has 2 saturated heterocycles. The van der Waals surface area contributed by atoms with Crippen LogP contribution in [0.25, 0.3) is 0 Å². The third-order valence-electron chi connectivity index (χ3n) is 9.81. The number of rotatable bonds is 12. The Kier molecular flexibility index (Phi) is 10.6. The van der Waals surface area contributed by atoms with Crippen molar-refractivity contribution in [2.75, 3.05) is 26.4 Å². The SMILES string of the molecule is C=CC1CCCC(S(=O)(=O)NC[C@H]2C[C@@H]3O[C@H](COCC4CCCCC4)[C@@H](OCC4CCCCC4)[C@@H]3O2)C1. The van der Waals surface area contributed by atoms with E-state index in [1.807, 2.05) is 6.08 Å². The lowest BCUT2D eigenvalue weighted by atomic mass is 9.89. The van der Waals surface area contributed by atoms with E-state index in [4.69, 9.17) is 18.9 Å². The summed E-state index contributed by atoms with van der Waals surface area (Å²) in [4.78, 5) is 0. The molecular weight excluding hydrogens is 502 g/mol. The predicted octanol–water partition coefficient (Wildman–Crippen LogP) is 5.14. The molecule has 0 aromatic rings. The molecule has 5 fully saturated rings. The van der Waals surface area contributed by atoms with Gasteiger partial charge in [-0.25, -0.2) is 13.1 Å². The van der Waals surface area contributed by atoms with Gasteiger partial charge in [-0.05, 0) is 62.7 Å². The maximum Gasteiger partial charge on any atom is 0.214 e. The normalized spacial score (nSPS) is 37.3. The van der Waals surface area contributed by atoms with E-state index in [0.29, 0.717) is 43.7 Å². The van der Waals surface area contributed by atoms with Gasteiger partial charge < -0.3 is 18.9 Å². The maximum atomic E-state index is 13.0. The van der Waals surface area contributed by atoms with Crippen molar-refractivity contribution in [2.45, 2.75) is 132 Å². The molecule has 5 rings (SSSR count). The number of ether oxygens (including phenoxy) is 4. The number of hydrogen-bond donors (Lipinski definition) is 1. The van der Waals surface area contributed by atoms with E-state index in [9.17, 15) is 8.42 Å². The Morgan fingerprint density at radius 1 is 0.816 bits per heavy atom. The highest BCUT2D eigenvalue weighted by Gasteiger charge is 2.52. The van der Waals surface area contributed by atoms with Crippen LogP contribution in [0, 0.1) is 17.8 Å². The van der Waals surface area contributed by atoms with E-state index >= 15 is 0 Å². The maximum absolute atomic E-state index is 13.0. The van der Waals surface area contributed by atoms with Gasteiger partial charge in [-0.15, -0.1) is 6.58 Å². The van der Waals surface area contributed by atoms with E-state index in [0.717, 1.165) is 32.5 Å². The Morgan fingerprint density at radius 3 is 2.24 bits per heavy atom. The van der Waals surface area contributed by atoms with Crippen molar-refractivity contribution >= 4 is 10.0 Å². The Morgan fingerprint density at radius 2 is 1.53 bits per heavy atom. The quantitative estimate of drug-likeness (QED) is 0.337. The van der Waals surface area contributed by atoms with Crippen molar-refractivity contribution in [1.29, 1.82) is 0 Å². The monoisotopic (exact) mass is 553 g/mol. The second-order valence-electron chi connectivity index (χ2n) is 12.7. The fourth-order valence-corrected chi connectivity index (χ4v) is 9.10. The number of nitrogens with one attached hydrogen (secondary N) is 1. The molecule has 7 atom stereocenters. The van der Waals surface area contributed by atoms with E-state index in [1.54, 1.807) is 0 Å². The van der Waals surface area contributed by atoms with Gasteiger partial charge >= 0.3 is 0 Å². The smallest absolute Gasteiger partial charge is 0.214 e. The molecule has 0 amide bonds. The van der Waals surface area contributed by atoms with Crippen molar-refractivity contribution in [3.05, 3.63) is 12.7 Å². The number of sulfonamides is 1. The molecule has 5 aliphatic rings. The Bertz CT molecular complexity index is 840. The molecule has 3 saturated carbocycles.